The number of aromatic nitrogens is 1. The molecule has 0 atom stereocenters. The van der Waals surface area contributed by atoms with E-state index in [-0.39, 0.29) is 10.8 Å². The minimum Gasteiger partial charge on any atom is -0.309 e. The van der Waals surface area contributed by atoms with Gasteiger partial charge in [0.15, 0.2) is 0 Å². The van der Waals surface area contributed by atoms with E-state index in [1.54, 1.807) is 0 Å². The van der Waals surface area contributed by atoms with Crippen molar-refractivity contribution in [3.8, 4) is 50.2 Å². The lowest BCUT2D eigenvalue weighted by atomic mass is 9.85. The van der Waals surface area contributed by atoms with Gasteiger partial charge >= 0.3 is 0 Å². The summed E-state index contributed by atoms with van der Waals surface area (Å²) >= 11 is 0. The van der Waals surface area contributed by atoms with Crippen LogP contribution in [0.25, 0.3) is 104 Å². The van der Waals surface area contributed by atoms with Crippen LogP contribution in [0, 0.1) is 0 Å². The Labute approximate surface area is 434 Å². The van der Waals surface area contributed by atoms with Crippen molar-refractivity contribution in [1.82, 2.24) is 4.57 Å². The summed E-state index contributed by atoms with van der Waals surface area (Å²) in [6, 6.07) is 90.5. The van der Waals surface area contributed by atoms with Gasteiger partial charge in [-0.1, -0.05) is 224 Å². The predicted octanol–water partition coefficient (Wildman–Crippen LogP) is 20.4. The molecule has 2 nitrogen and oxygen atoms in total. The van der Waals surface area contributed by atoms with Crippen LogP contribution in [-0.4, -0.2) is 4.57 Å². The first-order valence-corrected chi connectivity index (χ1v) is 26.1. The van der Waals surface area contributed by atoms with Crippen LogP contribution >= 0.6 is 0 Å². The van der Waals surface area contributed by atoms with Gasteiger partial charge in [-0.2, -0.15) is 0 Å². The van der Waals surface area contributed by atoms with Crippen LogP contribution in [0.15, 0.2) is 243 Å². The van der Waals surface area contributed by atoms with Gasteiger partial charge < -0.3 is 9.47 Å². The molecular weight excluding hydrogens is 893 g/mol. The Balaban J connectivity index is 1.07. The number of hydrogen-bond donors (Lipinski definition) is 0. The van der Waals surface area contributed by atoms with Crippen LogP contribution < -0.4 is 4.90 Å². The van der Waals surface area contributed by atoms with Crippen molar-refractivity contribution in [2.24, 2.45) is 0 Å². The van der Waals surface area contributed by atoms with Crippen molar-refractivity contribution in [2.75, 3.05) is 4.90 Å². The second kappa shape index (κ2) is 17.5. The van der Waals surface area contributed by atoms with Crippen LogP contribution in [0.1, 0.15) is 52.7 Å². The molecule has 12 aromatic carbocycles. The van der Waals surface area contributed by atoms with Gasteiger partial charge in [0.05, 0.1) is 28.1 Å². The summed E-state index contributed by atoms with van der Waals surface area (Å²) in [4.78, 5) is 2.53. The van der Waals surface area contributed by atoms with Crippen molar-refractivity contribution in [3.05, 3.63) is 254 Å². The van der Waals surface area contributed by atoms with Crippen LogP contribution in [0.3, 0.4) is 0 Å². The minimum absolute atomic E-state index is 0.0162. The zero-order chi connectivity index (χ0) is 50.3. The monoisotopic (exact) mass is 950 g/mol. The molecule has 1 heterocycles. The van der Waals surface area contributed by atoms with Crippen LogP contribution in [0.2, 0.25) is 0 Å². The van der Waals surface area contributed by atoms with Crippen molar-refractivity contribution in [3.63, 3.8) is 0 Å². The van der Waals surface area contributed by atoms with E-state index in [1.165, 1.54) is 93.2 Å². The average molecular weight is 951 g/mol. The van der Waals surface area contributed by atoms with Gasteiger partial charge in [-0.15, -0.1) is 0 Å². The third kappa shape index (κ3) is 7.72. The smallest absolute Gasteiger partial charge is 0.0541 e. The molecule has 13 aromatic rings. The molecule has 0 aliphatic carbocycles. The Morgan fingerprint density at radius 3 is 1.31 bits per heavy atom. The third-order valence-electron chi connectivity index (χ3n) is 15.4. The highest BCUT2D eigenvalue weighted by Gasteiger charge is 2.26. The number of nitrogens with zero attached hydrogens (tertiary/aromatic N) is 2. The van der Waals surface area contributed by atoms with E-state index in [0.717, 1.165) is 39.3 Å². The normalized spacial score (nSPS) is 12.2. The molecule has 2 heteroatoms. The van der Waals surface area contributed by atoms with Gasteiger partial charge in [0.25, 0.3) is 0 Å². The summed E-state index contributed by atoms with van der Waals surface area (Å²) in [5.41, 5.74) is 19.1. The van der Waals surface area contributed by atoms with E-state index in [9.17, 15) is 0 Å². The van der Waals surface area contributed by atoms with Gasteiger partial charge in [-0.3, -0.25) is 0 Å². The van der Waals surface area contributed by atoms with Gasteiger partial charge in [-0.25, -0.2) is 0 Å². The molecule has 0 saturated heterocycles. The number of fused-ring (bicyclic) bond motifs is 3. The number of hydrogen-bond acceptors (Lipinski definition) is 1. The van der Waals surface area contributed by atoms with Crippen LogP contribution in [-0.2, 0) is 10.8 Å². The maximum Gasteiger partial charge on any atom is 0.0541 e. The molecule has 1 aromatic heterocycles. The summed E-state index contributed by atoms with van der Waals surface area (Å²) in [5.74, 6) is 0. The van der Waals surface area contributed by atoms with Crippen molar-refractivity contribution in [2.45, 2.75) is 52.4 Å². The van der Waals surface area contributed by atoms with Crippen LogP contribution in [0.5, 0.6) is 0 Å². The predicted molar refractivity (Wildman–Crippen MR) is 318 cm³/mol. The number of benzene rings is 12. The van der Waals surface area contributed by atoms with Gasteiger partial charge in [0.1, 0.15) is 0 Å². The van der Waals surface area contributed by atoms with E-state index in [0.29, 0.717) is 0 Å². The van der Waals surface area contributed by atoms with Gasteiger partial charge in [0.2, 0.25) is 0 Å². The summed E-state index contributed by atoms with van der Waals surface area (Å²) in [6.07, 6.45) is 0. The Kier molecular flexibility index (Phi) is 10.7. The Morgan fingerprint density at radius 2 is 0.757 bits per heavy atom. The highest BCUT2D eigenvalue weighted by molar-refractivity contribution is 6.27. The maximum absolute atomic E-state index is 2.53. The van der Waals surface area contributed by atoms with E-state index in [4.69, 9.17) is 0 Å². The highest BCUT2D eigenvalue weighted by atomic mass is 15.1. The Morgan fingerprint density at radius 1 is 0.311 bits per heavy atom. The molecule has 0 amide bonds. The quantitative estimate of drug-likeness (QED) is 0.138. The second-order valence-electron chi connectivity index (χ2n) is 22.2. The zero-order valence-corrected chi connectivity index (χ0v) is 43.0. The average Bonchev–Trinajstić information content (AvgIpc) is 3.77. The lowest BCUT2D eigenvalue weighted by Gasteiger charge is -2.30. The molecule has 0 radical (unpaired) electrons. The second-order valence-corrected chi connectivity index (χ2v) is 22.2. The summed E-state index contributed by atoms with van der Waals surface area (Å²) in [5, 5.41) is 10.0. The fourth-order valence-corrected chi connectivity index (χ4v) is 11.5. The summed E-state index contributed by atoms with van der Waals surface area (Å²) in [7, 11) is 0. The first-order chi connectivity index (χ1) is 36.0. The maximum atomic E-state index is 2.53. The Hall–Kier alpha value is -8.72. The van der Waals surface area contributed by atoms with Crippen molar-refractivity contribution >= 4 is 71.2 Å². The fraction of sp³-hybridized carbons (Fsp3) is 0.111. The molecule has 0 N–H and O–H groups in total. The molecule has 74 heavy (non-hydrogen) atoms. The van der Waals surface area contributed by atoms with Crippen molar-refractivity contribution < 1.29 is 0 Å². The van der Waals surface area contributed by atoms with E-state index < -0.39 is 0 Å². The summed E-state index contributed by atoms with van der Waals surface area (Å²) < 4.78 is 2.53. The largest absolute Gasteiger partial charge is 0.309 e. The van der Waals surface area contributed by atoms with Crippen LogP contribution in [0.4, 0.5) is 17.1 Å². The third-order valence-corrected chi connectivity index (χ3v) is 15.4. The lowest BCUT2D eigenvalue weighted by molar-refractivity contribution is 0.590. The Bertz CT molecular complexity index is 4100. The molecule has 0 fully saturated rings. The molecule has 13 rings (SSSR count). The number of anilines is 3. The first kappa shape index (κ1) is 45.2. The van der Waals surface area contributed by atoms with Gasteiger partial charge in [0, 0.05) is 32.8 Å². The lowest BCUT2D eigenvalue weighted by Crippen LogP contribution is -2.12. The van der Waals surface area contributed by atoms with E-state index in [2.05, 4.69) is 294 Å². The molecule has 0 saturated carbocycles. The van der Waals surface area contributed by atoms with E-state index in [1.807, 2.05) is 0 Å². The first-order valence-electron chi connectivity index (χ1n) is 26.1. The topological polar surface area (TPSA) is 8.17 Å². The number of para-hydroxylation sites is 1. The minimum atomic E-state index is 0.0162. The standard InChI is InChI=1S/C72H58N2/c1-71(2,3)56-34-40-67-62(45-56)63-46-57(72(4,5)6)35-41-68(63)74(67)66-39-33-53-30-36-60-65(38-32-52-31-37-61(66)70(53)69(52)60)73(58-43-54(48-20-12-8-13-21-48)42-55(44-58)49-22-14-9-15-23-49)64-25-17-16-24-59(64)51-28-26-50(27-29-51)47-18-10-7-11-19-47/h7-46H,1-6H3. The molecule has 0 bridgehead atoms. The van der Waals surface area contributed by atoms with E-state index >= 15 is 0 Å². The number of rotatable bonds is 8. The zero-order valence-electron chi connectivity index (χ0n) is 43.0. The molecule has 0 aliphatic heterocycles. The molecule has 356 valence electrons. The van der Waals surface area contributed by atoms with Crippen molar-refractivity contribution in [1.29, 1.82) is 0 Å². The molecule has 0 aliphatic rings. The summed E-state index contributed by atoms with van der Waals surface area (Å²) in [6.45, 7) is 13.9. The molecule has 0 unspecified atom stereocenters. The molecule has 0 spiro atoms. The van der Waals surface area contributed by atoms with Gasteiger partial charge in [-0.05, 0) is 143 Å². The highest BCUT2D eigenvalue weighted by Crippen LogP contribution is 2.49. The SMILES string of the molecule is CC(C)(C)c1ccc2c(c1)c1cc(C(C)(C)C)ccc1n2-c1ccc2ccc3c(N(c4cc(-c5ccccc5)cc(-c5ccccc5)c4)c4ccccc4-c4ccc(-c5ccccc5)cc4)ccc4ccc1c2c43. The molecular formula is C72H58N2. The fourth-order valence-electron chi connectivity index (χ4n) is 11.5.